The van der Waals surface area contributed by atoms with Crippen LogP contribution in [-0.4, -0.2) is 5.91 Å². The molecule has 6 heteroatoms. The minimum absolute atomic E-state index is 0.129. The number of anilines is 1. The Labute approximate surface area is 137 Å². The van der Waals surface area contributed by atoms with Gasteiger partial charge >= 0.3 is 0 Å². The minimum atomic E-state index is -0.259. The summed E-state index contributed by atoms with van der Waals surface area (Å²) >= 11 is 17.7. The maximum absolute atomic E-state index is 12.0. The van der Waals surface area contributed by atoms with Crippen molar-refractivity contribution in [2.75, 3.05) is 5.32 Å². The first-order valence-electron chi connectivity index (χ1n) is 5.93. The average molecular weight is 340 g/mol. The van der Waals surface area contributed by atoms with Gasteiger partial charge < -0.3 is 5.32 Å². The van der Waals surface area contributed by atoms with E-state index >= 15 is 0 Å². The number of carbonyl (C=O) groups is 1. The molecule has 2 rings (SSSR count). The lowest BCUT2D eigenvalue weighted by Gasteiger charge is -2.08. The lowest BCUT2D eigenvalue weighted by molar-refractivity contribution is -0.115. The van der Waals surface area contributed by atoms with E-state index in [0.717, 1.165) is 5.56 Å². The molecule has 3 nitrogen and oxygen atoms in total. The quantitative estimate of drug-likeness (QED) is 0.881. The summed E-state index contributed by atoms with van der Waals surface area (Å²) in [5, 5.41) is 12.7. The summed E-state index contributed by atoms with van der Waals surface area (Å²) in [6.45, 7) is 0. The Kier molecular flexibility index (Phi) is 5.08. The third-order valence-corrected chi connectivity index (χ3v) is 3.79. The lowest BCUT2D eigenvalue weighted by Crippen LogP contribution is -2.14. The fourth-order valence-electron chi connectivity index (χ4n) is 1.72. The summed E-state index contributed by atoms with van der Waals surface area (Å²) in [5.41, 5.74) is 1.56. The van der Waals surface area contributed by atoms with Crippen LogP contribution < -0.4 is 5.32 Å². The highest BCUT2D eigenvalue weighted by molar-refractivity contribution is 6.42. The molecular formula is C15H9Cl3N2O. The summed E-state index contributed by atoms with van der Waals surface area (Å²) in [5.74, 6) is -0.259. The minimum Gasteiger partial charge on any atom is -0.324 e. The first-order valence-corrected chi connectivity index (χ1v) is 7.06. The van der Waals surface area contributed by atoms with Crippen molar-refractivity contribution in [1.82, 2.24) is 0 Å². The van der Waals surface area contributed by atoms with Gasteiger partial charge in [0.15, 0.2) is 0 Å². The molecular weight excluding hydrogens is 331 g/mol. The van der Waals surface area contributed by atoms with Crippen molar-refractivity contribution in [2.45, 2.75) is 6.42 Å². The third kappa shape index (κ3) is 4.12. The smallest absolute Gasteiger partial charge is 0.228 e. The van der Waals surface area contributed by atoms with Crippen LogP contribution in [-0.2, 0) is 11.2 Å². The zero-order valence-electron chi connectivity index (χ0n) is 10.7. The van der Waals surface area contributed by atoms with Crippen molar-refractivity contribution in [3.63, 3.8) is 0 Å². The monoisotopic (exact) mass is 338 g/mol. The van der Waals surface area contributed by atoms with Crippen LogP contribution in [0.15, 0.2) is 36.4 Å². The van der Waals surface area contributed by atoms with Crippen molar-refractivity contribution in [1.29, 1.82) is 5.26 Å². The SMILES string of the molecule is N#Cc1ccc(Cl)c(NC(=O)Cc2ccc(Cl)c(Cl)c2)c1. The van der Waals surface area contributed by atoms with Crippen LogP contribution in [0, 0.1) is 11.3 Å². The first kappa shape index (κ1) is 15.7. The van der Waals surface area contributed by atoms with E-state index in [1.165, 1.54) is 6.07 Å². The van der Waals surface area contributed by atoms with Gasteiger partial charge in [-0.15, -0.1) is 0 Å². The Morgan fingerprint density at radius 2 is 1.76 bits per heavy atom. The van der Waals surface area contributed by atoms with E-state index in [-0.39, 0.29) is 12.3 Å². The van der Waals surface area contributed by atoms with Crippen molar-refractivity contribution in [3.8, 4) is 6.07 Å². The number of rotatable bonds is 3. The predicted octanol–water partition coefficient (Wildman–Crippen LogP) is 4.70. The molecule has 0 atom stereocenters. The van der Waals surface area contributed by atoms with Crippen LogP contribution >= 0.6 is 34.8 Å². The van der Waals surface area contributed by atoms with Crippen molar-refractivity contribution in [2.24, 2.45) is 0 Å². The Morgan fingerprint density at radius 1 is 1.05 bits per heavy atom. The Morgan fingerprint density at radius 3 is 2.43 bits per heavy atom. The molecule has 0 spiro atoms. The molecule has 0 unspecified atom stereocenters. The van der Waals surface area contributed by atoms with Gasteiger partial charge in [-0.2, -0.15) is 5.26 Å². The molecule has 0 aliphatic heterocycles. The molecule has 1 amide bonds. The second-order valence-electron chi connectivity index (χ2n) is 4.28. The van der Waals surface area contributed by atoms with Crippen LogP contribution in [0.1, 0.15) is 11.1 Å². The highest BCUT2D eigenvalue weighted by atomic mass is 35.5. The maximum Gasteiger partial charge on any atom is 0.228 e. The topological polar surface area (TPSA) is 52.9 Å². The third-order valence-electron chi connectivity index (χ3n) is 2.72. The Hall–Kier alpha value is -1.73. The standard InChI is InChI=1S/C15H9Cl3N2O/c16-11-3-1-9(5-13(11)18)7-15(21)20-14-6-10(8-19)2-4-12(14)17/h1-6H,7H2,(H,20,21). The molecule has 1 N–H and O–H groups in total. The van der Waals surface area contributed by atoms with Gasteiger partial charge in [0.25, 0.3) is 0 Å². The second kappa shape index (κ2) is 6.82. The van der Waals surface area contributed by atoms with Crippen LogP contribution in [0.25, 0.3) is 0 Å². The van der Waals surface area contributed by atoms with Crippen LogP contribution in [0.3, 0.4) is 0 Å². The van der Waals surface area contributed by atoms with Gasteiger partial charge in [0.1, 0.15) is 0 Å². The number of amides is 1. The predicted molar refractivity (Wildman–Crippen MR) is 85.0 cm³/mol. The molecule has 0 saturated carbocycles. The van der Waals surface area contributed by atoms with Crippen molar-refractivity contribution in [3.05, 3.63) is 62.6 Å². The van der Waals surface area contributed by atoms with E-state index in [9.17, 15) is 4.79 Å². The van der Waals surface area contributed by atoms with Gasteiger partial charge in [0.2, 0.25) is 5.91 Å². The van der Waals surface area contributed by atoms with E-state index in [1.807, 2.05) is 6.07 Å². The van der Waals surface area contributed by atoms with Gasteiger partial charge in [0, 0.05) is 0 Å². The van der Waals surface area contributed by atoms with E-state index in [4.69, 9.17) is 40.1 Å². The molecule has 0 saturated heterocycles. The van der Waals surface area contributed by atoms with Crippen molar-refractivity contribution >= 4 is 46.4 Å². The van der Waals surface area contributed by atoms with Gasteiger partial charge in [-0.25, -0.2) is 0 Å². The summed E-state index contributed by atoms with van der Waals surface area (Å²) in [6, 6.07) is 11.7. The molecule has 2 aromatic rings. The summed E-state index contributed by atoms with van der Waals surface area (Å²) in [4.78, 5) is 12.0. The number of hydrogen-bond acceptors (Lipinski definition) is 2. The zero-order chi connectivity index (χ0) is 15.4. The molecule has 0 bridgehead atoms. The molecule has 106 valence electrons. The highest BCUT2D eigenvalue weighted by Gasteiger charge is 2.09. The summed E-state index contributed by atoms with van der Waals surface area (Å²) in [7, 11) is 0. The van der Waals surface area contributed by atoms with Gasteiger partial charge in [0.05, 0.1) is 38.8 Å². The molecule has 0 fully saturated rings. The molecule has 0 aromatic heterocycles. The maximum atomic E-state index is 12.0. The molecule has 2 aromatic carbocycles. The van der Waals surface area contributed by atoms with Gasteiger partial charge in [-0.05, 0) is 35.9 Å². The Bertz CT molecular complexity index is 738. The normalized spacial score (nSPS) is 10.0. The van der Waals surface area contributed by atoms with Crippen LogP contribution in [0.2, 0.25) is 15.1 Å². The van der Waals surface area contributed by atoms with E-state index < -0.39 is 0 Å². The fraction of sp³-hybridized carbons (Fsp3) is 0.0667. The van der Waals surface area contributed by atoms with E-state index in [2.05, 4.69) is 5.32 Å². The number of nitrogens with one attached hydrogen (secondary N) is 1. The number of benzene rings is 2. The van der Waals surface area contributed by atoms with E-state index in [0.29, 0.717) is 26.3 Å². The summed E-state index contributed by atoms with van der Waals surface area (Å²) in [6.07, 6.45) is 0.129. The summed E-state index contributed by atoms with van der Waals surface area (Å²) < 4.78 is 0. The molecule has 0 aliphatic carbocycles. The average Bonchev–Trinajstić information content (AvgIpc) is 2.45. The van der Waals surface area contributed by atoms with Crippen LogP contribution in [0.5, 0.6) is 0 Å². The number of hydrogen-bond donors (Lipinski definition) is 1. The van der Waals surface area contributed by atoms with Gasteiger partial charge in [-0.1, -0.05) is 40.9 Å². The second-order valence-corrected chi connectivity index (χ2v) is 5.50. The number of carbonyl (C=O) groups excluding carboxylic acids is 1. The number of nitriles is 1. The molecule has 0 radical (unpaired) electrons. The largest absolute Gasteiger partial charge is 0.324 e. The van der Waals surface area contributed by atoms with Crippen LogP contribution in [0.4, 0.5) is 5.69 Å². The first-order chi connectivity index (χ1) is 9.99. The lowest BCUT2D eigenvalue weighted by atomic mass is 10.1. The highest BCUT2D eigenvalue weighted by Crippen LogP contribution is 2.25. The molecule has 0 aliphatic rings. The molecule has 0 heterocycles. The number of nitrogens with zero attached hydrogens (tertiary/aromatic N) is 1. The van der Waals surface area contributed by atoms with E-state index in [1.54, 1.807) is 30.3 Å². The molecule has 21 heavy (non-hydrogen) atoms. The van der Waals surface area contributed by atoms with Crippen molar-refractivity contribution < 1.29 is 4.79 Å². The Balaban J connectivity index is 2.11. The van der Waals surface area contributed by atoms with Gasteiger partial charge in [-0.3, -0.25) is 4.79 Å². The fourth-order valence-corrected chi connectivity index (χ4v) is 2.21. The zero-order valence-corrected chi connectivity index (χ0v) is 12.9. The number of halogens is 3.